The number of aryl methyl sites for hydroxylation is 1. The summed E-state index contributed by atoms with van der Waals surface area (Å²) in [5.74, 6) is -2.31. The average molecular weight is 464 g/mol. The van der Waals surface area contributed by atoms with Gasteiger partial charge in [0.2, 0.25) is 0 Å². The van der Waals surface area contributed by atoms with Gasteiger partial charge in [-0.15, -0.1) is 0 Å². The SMILES string of the molecule is Cn1ncc(NC(=O)OCC2c3ccccc3-c3ccccc32)c1C(=O)NCC(C)(O)C(=O)O. The molecule has 176 valence electrons. The average Bonchev–Trinajstić information content (AvgIpc) is 3.33. The molecule has 1 aliphatic rings. The predicted octanol–water partition coefficient (Wildman–Crippen LogP) is 2.35. The Balaban J connectivity index is 1.43. The first-order valence-electron chi connectivity index (χ1n) is 10.6. The Morgan fingerprint density at radius 2 is 1.68 bits per heavy atom. The molecule has 4 N–H and O–H groups in total. The highest BCUT2D eigenvalue weighted by atomic mass is 16.5. The van der Waals surface area contributed by atoms with Crippen LogP contribution in [0.2, 0.25) is 0 Å². The number of hydrogen-bond donors (Lipinski definition) is 4. The summed E-state index contributed by atoms with van der Waals surface area (Å²) in [5, 5.41) is 27.6. The van der Waals surface area contributed by atoms with Crippen molar-refractivity contribution in [3.8, 4) is 11.1 Å². The van der Waals surface area contributed by atoms with E-state index in [0.717, 1.165) is 29.2 Å². The predicted molar refractivity (Wildman–Crippen MR) is 122 cm³/mol. The van der Waals surface area contributed by atoms with E-state index in [4.69, 9.17) is 9.84 Å². The fraction of sp³-hybridized carbons (Fsp3) is 0.250. The summed E-state index contributed by atoms with van der Waals surface area (Å²) in [6, 6.07) is 15.9. The van der Waals surface area contributed by atoms with Gasteiger partial charge in [0.25, 0.3) is 5.91 Å². The second kappa shape index (κ2) is 8.99. The van der Waals surface area contributed by atoms with Crippen molar-refractivity contribution in [1.29, 1.82) is 0 Å². The molecule has 0 aliphatic heterocycles. The number of carboxylic acids is 1. The Bertz CT molecular complexity index is 1220. The fourth-order valence-corrected chi connectivity index (χ4v) is 3.95. The Morgan fingerprint density at radius 1 is 1.09 bits per heavy atom. The number of nitrogens with zero attached hydrogens (tertiary/aromatic N) is 2. The molecule has 0 spiro atoms. The molecule has 3 aromatic rings. The summed E-state index contributed by atoms with van der Waals surface area (Å²) in [4.78, 5) is 36.2. The number of carbonyl (C=O) groups is 3. The van der Waals surface area contributed by atoms with Crippen LogP contribution in [0.3, 0.4) is 0 Å². The maximum Gasteiger partial charge on any atom is 0.411 e. The highest BCUT2D eigenvalue weighted by molar-refractivity contribution is 6.01. The molecule has 2 amide bonds. The van der Waals surface area contributed by atoms with Crippen molar-refractivity contribution in [2.75, 3.05) is 18.5 Å². The van der Waals surface area contributed by atoms with Crippen molar-refractivity contribution < 1.29 is 29.3 Å². The van der Waals surface area contributed by atoms with Crippen molar-refractivity contribution in [2.45, 2.75) is 18.4 Å². The van der Waals surface area contributed by atoms with Gasteiger partial charge in [0.05, 0.1) is 18.4 Å². The summed E-state index contributed by atoms with van der Waals surface area (Å²) in [7, 11) is 1.49. The van der Waals surface area contributed by atoms with Gasteiger partial charge in [-0.3, -0.25) is 14.8 Å². The van der Waals surface area contributed by atoms with E-state index in [2.05, 4.69) is 15.7 Å². The second-order valence-corrected chi connectivity index (χ2v) is 8.24. The summed E-state index contributed by atoms with van der Waals surface area (Å²) in [5.41, 5.74) is 2.29. The van der Waals surface area contributed by atoms with Crippen LogP contribution in [0.1, 0.15) is 34.5 Å². The number of aliphatic hydroxyl groups is 1. The van der Waals surface area contributed by atoms with Gasteiger partial charge in [-0.2, -0.15) is 5.10 Å². The molecular weight excluding hydrogens is 440 g/mol. The zero-order valence-electron chi connectivity index (χ0n) is 18.6. The maximum atomic E-state index is 12.6. The quantitative estimate of drug-likeness (QED) is 0.420. The number of anilines is 1. The Labute approximate surface area is 195 Å². The number of aromatic nitrogens is 2. The molecule has 0 saturated carbocycles. The number of carbonyl (C=O) groups excluding carboxylic acids is 2. The molecular formula is C24H24N4O6. The number of carboxylic acid groups (broad SMARTS) is 1. The van der Waals surface area contributed by atoms with Gasteiger partial charge in [-0.25, -0.2) is 9.59 Å². The van der Waals surface area contributed by atoms with Crippen molar-refractivity contribution in [3.05, 3.63) is 71.5 Å². The highest BCUT2D eigenvalue weighted by Gasteiger charge is 2.32. The van der Waals surface area contributed by atoms with Crippen LogP contribution in [0.25, 0.3) is 11.1 Å². The van der Waals surface area contributed by atoms with E-state index in [0.29, 0.717) is 0 Å². The van der Waals surface area contributed by atoms with E-state index in [1.54, 1.807) is 0 Å². The molecule has 34 heavy (non-hydrogen) atoms. The van der Waals surface area contributed by atoms with Crippen LogP contribution in [-0.2, 0) is 16.6 Å². The van der Waals surface area contributed by atoms with Crippen LogP contribution in [0, 0.1) is 0 Å². The summed E-state index contributed by atoms with van der Waals surface area (Å²) < 4.78 is 6.72. The van der Waals surface area contributed by atoms with E-state index in [1.165, 1.54) is 17.9 Å². The van der Waals surface area contributed by atoms with Crippen molar-refractivity contribution in [1.82, 2.24) is 15.1 Å². The van der Waals surface area contributed by atoms with Crippen LogP contribution < -0.4 is 10.6 Å². The minimum absolute atomic E-state index is 0.0188. The minimum Gasteiger partial charge on any atom is -0.479 e. The van der Waals surface area contributed by atoms with Crippen molar-refractivity contribution in [2.24, 2.45) is 7.05 Å². The molecule has 4 rings (SSSR count). The number of rotatable bonds is 7. The van der Waals surface area contributed by atoms with Crippen molar-refractivity contribution in [3.63, 3.8) is 0 Å². The van der Waals surface area contributed by atoms with Gasteiger partial charge in [0.1, 0.15) is 12.3 Å². The third-order valence-electron chi connectivity index (χ3n) is 5.79. The largest absolute Gasteiger partial charge is 0.479 e. The van der Waals surface area contributed by atoms with Crippen LogP contribution in [-0.4, -0.2) is 56.7 Å². The standard InChI is InChI=1S/C24H24N4O6/c1-24(33,22(30)31)13-25-21(29)20-19(11-26-28(20)2)27-23(32)34-12-18-16-9-5-3-7-14(16)15-8-4-6-10-17(15)18/h3-11,18,33H,12-13H2,1-2H3,(H,25,29)(H,27,32)(H,30,31). The molecule has 10 nitrogen and oxygen atoms in total. The van der Waals surface area contributed by atoms with Crippen LogP contribution in [0.15, 0.2) is 54.7 Å². The van der Waals surface area contributed by atoms with Gasteiger partial charge in [-0.05, 0) is 29.2 Å². The van der Waals surface area contributed by atoms with E-state index in [1.807, 2.05) is 48.5 Å². The van der Waals surface area contributed by atoms with Gasteiger partial charge in [-0.1, -0.05) is 48.5 Å². The number of aliphatic carboxylic acids is 1. The minimum atomic E-state index is -2.14. The second-order valence-electron chi connectivity index (χ2n) is 8.24. The summed E-state index contributed by atoms with van der Waals surface area (Å²) >= 11 is 0. The Hall–Kier alpha value is -4.18. The van der Waals surface area contributed by atoms with E-state index in [9.17, 15) is 19.5 Å². The lowest BCUT2D eigenvalue weighted by Crippen LogP contribution is -2.46. The van der Waals surface area contributed by atoms with E-state index < -0.39 is 30.1 Å². The Kier molecular flexibility index (Phi) is 6.08. The molecule has 1 atom stereocenters. The van der Waals surface area contributed by atoms with Gasteiger partial charge in [0, 0.05) is 13.0 Å². The van der Waals surface area contributed by atoms with E-state index in [-0.39, 0.29) is 23.9 Å². The van der Waals surface area contributed by atoms with Gasteiger partial charge < -0.3 is 20.3 Å². The first kappa shape index (κ1) is 23.0. The molecule has 0 saturated heterocycles. The zero-order valence-corrected chi connectivity index (χ0v) is 18.6. The Morgan fingerprint density at radius 3 is 2.26 bits per heavy atom. The number of ether oxygens (including phenoxy) is 1. The number of benzene rings is 2. The third-order valence-corrected chi connectivity index (χ3v) is 5.79. The zero-order chi connectivity index (χ0) is 24.5. The molecule has 1 unspecified atom stereocenters. The summed E-state index contributed by atoms with van der Waals surface area (Å²) in [6.45, 7) is 0.633. The van der Waals surface area contributed by atoms with Crippen molar-refractivity contribution >= 4 is 23.7 Å². The smallest absolute Gasteiger partial charge is 0.411 e. The monoisotopic (exact) mass is 464 g/mol. The van der Waals surface area contributed by atoms with Crippen LogP contribution in [0.5, 0.6) is 0 Å². The fourth-order valence-electron chi connectivity index (χ4n) is 3.95. The third kappa shape index (κ3) is 4.35. The topological polar surface area (TPSA) is 143 Å². The first-order chi connectivity index (χ1) is 16.2. The molecule has 1 aromatic heterocycles. The molecule has 0 fully saturated rings. The maximum absolute atomic E-state index is 12.6. The number of hydrogen-bond acceptors (Lipinski definition) is 6. The molecule has 10 heteroatoms. The first-order valence-corrected chi connectivity index (χ1v) is 10.6. The molecule has 0 radical (unpaired) electrons. The molecule has 1 heterocycles. The van der Waals surface area contributed by atoms with Gasteiger partial charge >= 0.3 is 12.1 Å². The molecule has 2 aromatic carbocycles. The normalized spacial score (nSPS) is 14.0. The van der Waals surface area contributed by atoms with Gasteiger partial charge in [0.15, 0.2) is 5.60 Å². The molecule has 0 bridgehead atoms. The van der Waals surface area contributed by atoms with Crippen LogP contribution in [0.4, 0.5) is 10.5 Å². The lowest BCUT2D eigenvalue weighted by Gasteiger charge is -2.18. The molecule has 1 aliphatic carbocycles. The highest BCUT2D eigenvalue weighted by Crippen LogP contribution is 2.44. The lowest BCUT2D eigenvalue weighted by atomic mass is 9.98. The number of nitrogens with one attached hydrogen (secondary N) is 2. The number of amides is 2. The number of fused-ring (bicyclic) bond motifs is 3. The van der Waals surface area contributed by atoms with Crippen LogP contribution >= 0.6 is 0 Å². The summed E-state index contributed by atoms with van der Waals surface area (Å²) in [6.07, 6.45) is 0.521. The lowest BCUT2D eigenvalue weighted by molar-refractivity contribution is -0.155. The van der Waals surface area contributed by atoms with E-state index >= 15 is 0 Å².